The number of aromatic nitrogens is 1. The Morgan fingerprint density at radius 3 is 2.32 bits per heavy atom. The lowest BCUT2D eigenvalue weighted by Gasteiger charge is -2.32. The predicted octanol–water partition coefficient (Wildman–Crippen LogP) is 3.47. The first-order valence-corrected chi connectivity index (χ1v) is 12.8. The number of rotatable bonds is 11. The van der Waals surface area contributed by atoms with Crippen molar-refractivity contribution < 1.29 is 9.18 Å². The summed E-state index contributed by atoms with van der Waals surface area (Å²) in [5, 5.41) is 11.5. The predicted molar refractivity (Wildman–Crippen MR) is 139 cm³/mol. The van der Waals surface area contributed by atoms with Gasteiger partial charge >= 0.3 is 0 Å². The van der Waals surface area contributed by atoms with Crippen molar-refractivity contribution in [1.82, 2.24) is 25.8 Å². The van der Waals surface area contributed by atoms with Crippen molar-refractivity contribution >= 4 is 29.2 Å². The Hall–Kier alpha value is -1.67. The number of amides is 1. The van der Waals surface area contributed by atoms with Gasteiger partial charge in [0.2, 0.25) is 5.91 Å². The van der Waals surface area contributed by atoms with Crippen LogP contribution in [0.3, 0.4) is 0 Å². The number of benzene rings is 1. The van der Waals surface area contributed by atoms with Gasteiger partial charge in [-0.25, -0.2) is 4.39 Å². The van der Waals surface area contributed by atoms with E-state index in [1.807, 2.05) is 11.1 Å². The Morgan fingerprint density at radius 2 is 1.65 bits per heavy atom. The van der Waals surface area contributed by atoms with Gasteiger partial charge in [-0.1, -0.05) is 0 Å². The highest BCUT2D eigenvalue weighted by Crippen LogP contribution is 2.22. The first-order chi connectivity index (χ1) is 16.2. The second-order valence-corrected chi connectivity index (χ2v) is 9.81. The Bertz CT molecular complexity index is 877. The molecule has 1 aromatic heterocycles. The highest BCUT2D eigenvalue weighted by atomic mass is 35.5. The number of carbonyl (C=O) groups is 1. The van der Waals surface area contributed by atoms with Crippen LogP contribution in [0.15, 0.2) is 24.4 Å². The molecule has 0 radical (unpaired) electrons. The Balaban J connectivity index is 0.00000324. The Kier molecular flexibility index (Phi) is 11.1. The smallest absolute Gasteiger partial charge is 0.227 e. The van der Waals surface area contributed by atoms with E-state index in [2.05, 4.69) is 20.9 Å². The van der Waals surface area contributed by atoms with Crippen LogP contribution in [0.5, 0.6) is 0 Å². The quantitative estimate of drug-likeness (QED) is 0.362. The highest BCUT2D eigenvalue weighted by Gasteiger charge is 2.23. The SMILES string of the molecule is Cl.O=C(Cc1c[nH]c2ccc(F)cc12)N1CCC(CNCCCCNCC2CCNCC2)CC1. The summed E-state index contributed by atoms with van der Waals surface area (Å²) in [5.74, 6) is 1.38. The molecule has 4 rings (SSSR count). The number of piperidine rings is 2. The molecule has 0 atom stereocenters. The maximum atomic E-state index is 13.6. The van der Waals surface area contributed by atoms with Gasteiger partial charge in [-0.2, -0.15) is 0 Å². The molecule has 2 aromatic rings. The minimum Gasteiger partial charge on any atom is -0.361 e. The molecule has 0 saturated carbocycles. The molecule has 0 aliphatic carbocycles. The Labute approximate surface area is 209 Å². The second kappa shape index (κ2) is 14.0. The zero-order valence-electron chi connectivity index (χ0n) is 20.2. The summed E-state index contributed by atoms with van der Waals surface area (Å²) in [6.45, 7) is 8.41. The highest BCUT2D eigenvalue weighted by molar-refractivity contribution is 5.89. The number of aromatic amines is 1. The summed E-state index contributed by atoms with van der Waals surface area (Å²) in [4.78, 5) is 17.9. The van der Waals surface area contributed by atoms with Crippen LogP contribution in [-0.4, -0.2) is 68.1 Å². The van der Waals surface area contributed by atoms with Crippen LogP contribution >= 0.6 is 12.4 Å². The normalized spacial score (nSPS) is 17.7. The molecular formula is C26H41ClFN5O. The first kappa shape index (κ1) is 26.9. The van der Waals surface area contributed by atoms with Gasteiger partial charge in [-0.3, -0.25) is 4.79 Å². The van der Waals surface area contributed by atoms with Crippen molar-refractivity contribution in [3.05, 3.63) is 35.8 Å². The van der Waals surface area contributed by atoms with Gasteiger partial charge in [-0.15, -0.1) is 12.4 Å². The van der Waals surface area contributed by atoms with Crippen LogP contribution in [-0.2, 0) is 11.2 Å². The number of unbranched alkanes of at least 4 members (excludes halogenated alkanes) is 1. The fourth-order valence-corrected chi connectivity index (χ4v) is 5.16. The molecule has 6 nitrogen and oxygen atoms in total. The van der Waals surface area contributed by atoms with Crippen LogP contribution in [0.2, 0.25) is 0 Å². The molecule has 1 aromatic carbocycles. The van der Waals surface area contributed by atoms with Crippen molar-refractivity contribution in [3.63, 3.8) is 0 Å². The number of halogens is 2. The number of hydrogen-bond acceptors (Lipinski definition) is 4. The monoisotopic (exact) mass is 493 g/mol. The molecular weight excluding hydrogens is 453 g/mol. The minimum absolute atomic E-state index is 0. The van der Waals surface area contributed by atoms with E-state index < -0.39 is 0 Å². The molecule has 2 aliphatic heterocycles. The van der Waals surface area contributed by atoms with Crippen LogP contribution < -0.4 is 16.0 Å². The summed E-state index contributed by atoms with van der Waals surface area (Å²) in [6, 6.07) is 4.68. The van der Waals surface area contributed by atoms with Crippen molar-refractivity contribution in [3.8, 4) is 0 Å². The first-order valence-electron chi connectivity index (χ1n) is 12.8. The maximum Gasteiger partial charge on any atom is 0.227 e. The molecule has 8 heteroatoms. The number of carbonyl (C=O) groups excluding carboxylic acids is 1. The van der Waals surface area contributed by atoms with E-state index in [1.165, 1.54) is 57.5 Å². The third kappa shape index (κ3) is 7.94. The number of nitrogens with one attached hydrogen (secondary N) is 4. The molecule has 1 amide bonds. The zero-order valence-corrected chi connectivity index (χ0v) is 21.0. The van der Waals surface area contributed by atoms with Gasteiger partial charge in [0, 0.05) is 30.2 Å². The van der Waals surface area contributed by atoms with Gasteiger partial charge in [0.05, 0.1) is 6.42 Å². The van der Waals surface area contributed by atoms with Crippen LogP contribution in [0.25, 0.3) is 10.9 Å². The Morgan fingerprint density at radius 1 is 1.00 bits per heavy atom. The summed E-state index contributed by atoms with van der Waals surface area (Å²) < 4.78 is 13.6. The van der Waals surface area contributed by atoms with E-state index in [1.54, 1.807) is 6.07 Å². The summed E-state index contributed by atoms with van der Waals surface area (Å²) in [5.41, 5.74) is 1.75. The van der Waals surface area contributed by atoms with Gasteiger partial charge in [0.15, 0.2) is 0 Å². The number of nitrogens with zero attached hydrogens (tertiary/aromatic N) is 1. The van der Waals surface area contributed by atoms with Gasteiger partial charge in [0.25, 0.3) is 0 Å². The van der Waals surface area contributed by atoms with E-state index in [0.29, 0.717) is 12.3 Å². The lowest BCUT2D eigenvalue weighted by Crippen LogP contribution is -2.41. The molecule has 34 heavy (non-hydrogen) atoms. The van der Waals surface area contributed by atoms with E-state index in [-0.39, 0.29) is 24.1 Å². The topological polar surface area (TPSA) is 72.2 Å². The summed E-state index contributed by atoms with van der Waals surface area (Å²) >= 11 is 0. The average Bonchev–Trinajstić information content (AvgIpc) is 3.23. The van der Waals surface area contributed by atoms with Crippen LogP contribution in [0, 0.1) is 17.7 Å². The van der Waals surface area contributed by atoms with Crippen molar-refractivity contribution in [2.45, 2.75) is 44.9 Å². The number of fused-ring (bicyclic) bond motifs is 1. The third-order valence-corrected chi connectivity index (χ3v) is 7.32. The zero-order chi connectivity index (χ0) is 22.9. The molecule has 2 aliphatic rings. The molecule has 2 saturated heterocycles. The molecule has 3 heterocycles. The van der Waals surface area contributed by atoms with Crippen molar-refractivity contribution in [1.29, 1.82) is 0 Å². The molecule has 0 spiro atoms. The summed E-state index contributed by atoms with van der Waals surface area (Å²) in [7, 11) is 0. The third-order valence-electron chi connectivity index (χ3n) is 7.32. The molecule has 4 N–H and O–H groups in total. The summed E-state index contributed by atoms with van der Waals surface area (Å²) in [6.07, 6.45) is 9.33. The molecule has 2 fully saturated rings. The molecule has 190 valence electrons. The number of H-pyrrole nitrogens is 1. The second-order valence-electron chi connectivity index (χ2n) is 9.81. The molecule has 0 bridgehead atoms. The number of likely N-dealkylation sites (tertiary alicyclic amines) is 1. The fraction of sp³-hybridized carbons (Fsp3) is 0.654. The van der Waals surface area contributed by atoms with E-state index in [9.17, 15) is 9.18 Å². The molecule has 0 unspecified atom stereocenters. The van der Waals surface area contributed by atoms with E-state index >= 15 is 0 Å². The van der Waals surface area contributed by atoms with Crippen LogP contribution in [0.1, 0.15) is 44.1 Å². The minimum atomic E-state index is -0.266. The van der Waals surface area contributed by atoms with Crippen LogP contribution in [0.4, 0.5) is 4.39 Å². The fourth-order valence-electron chi connectivity index (χ4n) is 5.16. The van der Waals surface area contributed by atoms with Crippen molar-refractivity contribution in [2.75, 3.05) is 52.4 Å². The standard InChI is InChI=1S/C26H40FN5O.ClH/c27-23-3-4-25-24(16-23)22(19-31-25)15-26(33)32-13-7-21(8-14-32)18-30-10-2-1-9-29-17-20-5-11-28-12-6-20;/h3-4,16,19-21,28-31H,1-2,5-15,17-18H2;1H. The maximum absolute atomic E-state index is 13.6. The largest absolute Gasteiger partial charge is 0.361 e. The number of hydrogen-bond donors (Lipinski definition) is 4. The lowest BCUT2D eigenvalue weighted by atomic mass is 9.96. The van der Waals surface area contributed by atoms with Gasteiger partial charge in [-0.05, 0) is 113 Å². The lowest BCUT2D eigenvalue weighted by molar-refractivity contribution is -0.131. The van der Waals surface area contributed by atoms with Gasteiger partial charge in [0.1, 0.15) is 5.82 Å². The average molecular weight is 494 g/mol. The van der Waals surface area contributed by atoms with Gasteiger partial charge < -0.3 is 25.8 Å². The van der Waals surface area contributed by atoms with Crippen molar-refractivity contribution in [2.24, 2.45) is 11.8 Å². The van der Waals surface area contributed by atoms with E-state index in [0.717, 1.165) is 67.9 Å². The van der Waals surface area contributed by atoms with E-state index in [4.69, 9.17) is 0 Å².